The van der Waals surface area contributed by atoms with Gasteiger partial charge in [-0.2, -0.15) is 0 Å². The summed E-state index contributed by atoms with van der Waals surface area (Å²) in [5.74, 6) is 5.24. The van der Waals surface area contributed by atoms with Crippen LogP contribution >= 0.6 is 0 Å². The standard InChI is InChI=1S/C17H13FO3/c1-13(11-12-14-7-5-6-10-16(14)18)20-17(19)21-15-8-3-2-4-9-15/h2-10,13H,1H3. The molecule has 0 N–H and O–H groups in total. The summed E-state index contributed by atoms with van der Waals surface area (Å²) in [5, 5.41) is 0. The van der Waals surface area contributed by atoms with Crippen LogP contribution in [0.5, 0.6) is 5.75 Å². The molecule has 106 valence electrons. The number of hydrogen-bond acceptors (Lipinski definition) is 3. The molecule has 2 rings (SSSR count). The highest BCUT2D eigenvalue weighted by molar-refractivity contribution is 5.64. The fourth-order valence-electron chi connectivity index (χ4n) is 1.52. The van der Waals surface area contributed by atoms with E-state index in [-0.39, 0.29) is 5.56 Å². The van der Waals surface area contributed by atoms with E-state index in [1.165, 1.54) is 6.07 Å². The summed E-state index contributed by atoms with van der Waals surface area (Å²) in [6.07, 6.45) is -1.56. The number of rotatable bonds is 2. The molecule has 0 bridgehead atoms. The molecule has 0 spiro atoms. The molecular weight excluding hydrogens is 271 g/mol. The largest absolute Gasteiger partial charge is 0.515 e. The Balaban J connectivity index is 1.92. The molecule has 0 heterocycles. The summed E-state index contributed by atoms with van der Waals surface area (Å²) in [7, 11) is 0. The Labute approximate surface area is 122 Å². The fourth-order valence-corrected chi connectivity index (χ4v) is 1.52. The Bertz CT molecular complexity index is 671. The van der Waals surface area contributed by atoms with Gasteiger partial charge in [0.2, 0.25) is 0 Å². The molecule has 1 unspecified atom stereocenters. The van der Waals surface area contributed by atoms with Crippen LogP contribution in [0, 0.1) is 17.7 Å². The average Bonchev–Trinajstić information content (AvgIpc) is 2.47. The molecule has 3 nitrogen and oxygen atoms in total. The van der Waals surface area contributed by atoms with Crippen molar-refractivity contribution in [3.8, 4) is 17.6 Å². The first-order chi connectivity index (χ1) is 10.1. The molecule has 2 aromatic rings. The van der Waals surface area contributed by atoms with Crippen molar-refractivity contribution in [2.75, 3.05) is 0 Å². The zero-order chi connectivity index (χ0) is 15.1. The first-order valence-corrected chi connectivity index (χ1v) is 6.35. The first kappa shape index (κ1) is 14.6. The highest BCUT2D eigenvalue weighted by Crippen LogP contribution is 2.10. The second kappa shape index (κ2) is 7.11. The van der Waals surface area contributed by atoms with Crippen molar-refractivity contribution in [1.82, 2.24) is 0 Å². The number of carbonyl (C=O) groups excluding carboxylic acids is 1. The van der Waals surface area contributed by atoms with Gasteiger partial charge in [0, 0.05) is 0 Å². The highest BCUT2D eigenvalue weighted by Gasteiger charge is 2.09. The zero-order valence-corrected chi connectivity index (χ0v) is 11.4. The van der Waals surface area contributed by atoms with Gasteiger partial charge >= 0.3 is 6.16 Å². The van der Waals surface area contributed by atoms with E-state index in [2.05, 4.69) is 11.8 Å². The lowest BCUT2D eigenvalue weighted by molar-refractivity contribution is 0.0853. The van der Waals surface area contributed by atoms with Crippen LogP contribution in [-0.2, 0) is 4.74 Å². The molecule has 0 aliphatic carbocycles. The smallest absolute Gasteiger partial charge is 0.418 e. The lowest BCUT2D eigenvalue weighted by Gasteiger charge is -2.07. The van der Waals surface area contributed by atoms with Gasteiger partial charge < -0.3 is 9.47 Å². The van der Waals surface area contributed by atoms with Crippen LogP contribution in [-0.4, -0.2) is 12.3 Å². The summed E-state index contributed by atoms with van der Waals surface area (Å²) in [6, 6.07) is 14.7. The van der Waals surface area contributed by atoms with Crippen molar-refractivity contribution in [1.29, 1.82) is 0 Å². The number of ether oxygens (including phenoxy) is 2. The molecule has 1 atom stereocenters. The van der Waals surface area contributed by atoms with Gasteiger partial charge in [0.25, 0.3) is 0 Å². The van der Waals surface area contributed by atoms with Crippen molar-refractivity contribution < 1.29 is 18.7 Å². The van der Waals surface area contributed by atoms with Crippen LogP contribution in [0.15, 0.2) is 54.6 Å². The number of carbonyl (C=O) groups is 1. The van der Waals surface area contributed by atoms with E-state index in [0.717, 1.165) is 0 Å². The second-order valence-electron chi connectivity index (χ2n) is 4.17. The Morgan fingerprint density at radius 2 is 1.76 bits per heavy atom. The Morgan fingerprint density at radius 3 is 2.48 bits per heavy atom. The zero-order valence-electron chi connectivity index (χ0n) is 11.4. The molecule has 0 amide bonds. The fraction of sp³-hybridized carbons (Fsp3) is 0.118. The van der Waals surface area contributed by atoms with E-state index in [1.807, 2.05) is 0 Å². The van der Waals surface area contributed by atoms with Gasteiger partial charge in [-0.1, -0.05) is 42.2 Å². The minimum atomic E-state index is -0.850. The number of hydrogen-bond donors (Lipinski definition) is 0. The molecule has 0 fully saturated rings. The first-order valence-electron chi connectivity index (χ1n) is 6.35. The van der Waals surface area contributed by atoms with Crippen molar-refractivity contribution in [3.63, 3.8) is 0 Å². The second-order valence-corrected chi connectivity index (χ2v) is 4.17. The monoisotopic (exact) mass is 284 g/mol. The van der Waals surface area contributed by atoms with Crippen LogP contribution in [0.3, 0.4) is 0 Å². The van der Waals surface area contributed by atoms with E-state index >= 15 is 0 Å². The van der Waals surface area contributed by atoms with Gasteiger partial charge in [-0.25, -0.2) is 9.18 Å². The molecule has 0 radical (unpaired) electrons. The normalized spacial score (nSPS) is 11.0. The molecule has 2 aromatic carbocycles. The predicted molar refractivity (Wildman–Crippen MR) is 76.3 cm³/mol. The van der Waals surface area contributed by atoms with Crippen molar-refractivity contribution >= 4 is 6.16 Å². The van der Waals surface area contributed by atoms with Crippen LogP contribution in [0.4, 0.5) is 9.18 Å². The van der Waals surface area contributed by atoms with E-state index in [4.69, 9.17) is 9.47 Å². The maximum Gasteiger partial charge on any atom is 0.515 e. The van der Waals surface area contributed by atoms with Gasteiger partial charge in [-0.3, -0.25) is 0 Å². The molecule has 21 heavy (non-hydrogen) atoms. The van der Waals surface area contributed by atoms with Crippen LogP contribution in [0.25, 0.3) is 0 Å². The van der Waals surface area contributed by atoms with Crippen LogP contribution in [0.2, 0.25) is 0 Å². The summed E-state index contributed by atoms with van der Waals surface area (Å²) >= 11 is 0. The maximum atomic E-state index is 13.4. The minimum absolute atomic E-state index is 0.254. The van der Waals surface area contributed by atoms with Gasteiger partial charge in [0.05, 0.1) is 5.56 Å². The minimum Gasteiger partial charge on any atom is -0.418 e. The third-order valence-electron chi connectivity index (χ3n) is 2.50. The highest BCUT2D eigenvalue weighted by atomic mass is 19.1. The third kappa shape index (κ3) is 4.66. The van der Waals surface area contributed by atoms with Crippen molar-refractivity contribution in [2.24, 2.45) is 0 Å². The molecule has 0 saturated carbocycles. The molecule has 0 aromatic heterocycles. The molecule has 4 heteroatoms. The lowest BCUT2D eigenvalue weighted by Crippen LogP contribution is -2.16. The summed E-state index contributed by atoms with van der Waals surface area (Å²) < 4.78 is 23.3. The van der Waals surface area contributed by atoms with Gasteiger partial charge in [-0.05, 0) is 31.2 Å². The summed E-state index contributed by atoms with van der Waals surface area (Å²) in [4.78, 5) is 11.5. The number of halogens is 1. The third-order valence-corrected chi connectivity index (χ3v) is 2.50. The number of para-hydroxylation sites is 1. The lowest BCUT2D eigenvalue weighted by atomic mass is 10.2. The quantitative estimate of drug-likeness (QED) is 0.478. The Hall–Kier alpha value is -2.80. The Morgan fingerprint density at radius 1 is 1.10 bits per heavy atom. The summed E-state index contributed by atoms with van der Waals surface area (Å²) in [5.41, 5.74) is 0.254. The summed E-state index contributed by atoms with van der Waals surface area (Å²) in [6.45, 7) is 1.58. The molecule has 0 aliphatic rings. The average molecular weight is 284 g/mol. The van der Waals surface area contributed by atoms with Crippen LogP contribution < -0.4 is 4.74 Å². The van der Waals surface area contributed by atoms with Gasteiger partial charge in [-0.15, -0.1) is 0 Å². The van der Waals surface area contributed by atoms with Crippen molar-refractivity contribution in [2.45, 2.75) is 13.0 Å². The van der Waals surface area contributed by atoms with Gasteiger partial charge in [0.1, 0.15) is 11.6 Å². The Kier molecular flexibility index (Phi) is 4.94. The topological polar surface area (TPSA) is 35.5 Å². The van der Waals surface area contributed by atoms with Crippen LogP contribution in [0.1, 0.15) is 12.5 Å². The molecular formula is C17H13FO3. The van der Waals surface area contributed by atoms with E-state index in [9.17, 15) is 9.18 Å². The van der Waals surface area contributed by atoms with Crippen molar-refractivity contribution in [3.05, 3.63) is 66.0 Å². The number of benzene rings is 2. The van der Waals surface area contributed by atoms with E-state index < -0.39 is 18.1 Å². The van der Waals surface area contributed by atoms with Gasteiger partial charge in [0.15, 0.2) is 6.10 Å². The predicted octanol–water partition coefficient (Wildman–Crippen LogP) is 3.78. The van der Waals surface area contributed by atoms with E-state index in [0.29, 0.717) is 5.75 Å². The SMILES string of the molecule is CC(C#Cc1ccccc1F)OC(=O)Oc1ccccc1. The molecule has 0 aliphatic heterocycles. The van der Waals surface area contributed by atoms with E-state index in [1.54, 1.807) is 55.5 Å². The maximum absolute atomic E-state index is 13.4. The molecule has 0 saturated heterocycles.